The Morgan fingerprint density at radius 2 is 1.79 bits per heavy atom. The summed E-state index contributed by atoms with van der Waals surface area (Å²) in [5.41, 5.74) is 2.06. The maximum absolute atomic E-state index is 12.3. The van der Waals surface area contributed by atoms with Crippen molar-refractivity contribution in [3.8, 4) is 11.5 Å². The van der Waals surface area contributed by atoms with Crippen LogP contribution in [-0.4, -0.2) is 25.2 Å². The lowest BCUT2D eigenvalue weighted by molar-refractivity contribution is 0.0977. The zero-order valence-electron chi connectivity index (χ0n) is 13.5. The summed E-state index contributed by atoms with van der Waals surface area (Å²) in [6.45, 7) is 1.91. The molecule has 0 heterocycles. The molecule has 0 unspecified atom stereocenters. The van der Waals surface area contributed by atoms with Crippen LogP contribution < -0.4 is 20.1 Å². The Labute approximate surface area is 150 Å². The van der Waals surface area contributed by atoms with Crippen LogP contribution in [-0.2, 0) is 0 Å². The molecule has 2 aromatic carbocycles. The number of rotatable bonds is 4. The summed E-state index contributed by atoms with van der Waals surface area (Å²) >= 11 is 11.2. The first-order valence-electron chi connectivity index (χ1n) is 7.05. The summed E-state index contributed by atoms with van der Waals surface area (Å²) in [6.07, 6.45) is 0. The molecule has 0 spiro atoms. The number of carbonyl (C=O) groups excluding carboxylic acids is 1. The van der Waals surface area contributed by atoms with Crippen LogP contribution in [0.5, 0.6) is 11.5 Å². The Hall–Kier alpha value is -2.31. The molecule has 7 heteroatoms. The van der Waals surface area contributed by atoms with Crippen LogP contribution in [0.3, 0.4) is 0 Å². The molecule has 2 rings (SSSR count). The lowest BCUT2D eigenvalue weighted by Gasteiger charge is -2.12. The smallest absolute Gasteiger partial charge is 0.257 e. The predicted octanol–water partition coefficient (Wildman–Crippen LogP) is 3.79. The van der Waals surface area contributed by atoms with Crippen LogP contribution >= 0.6 is 23.8 Å². The number of carbonyl (C=O) groups is 1. The number of anilines is 1. The quantitative estimate of drug-likeness (QED) is 0.808. The van der Waals surface area contributed by atoms with Crippen molar-refractivity contribution in [2.75, 3.05) is 19.5 Å². The highest BCUT2D eigenvalue weighted by Gasteiger charge is 2.12. The molecule has 0 aliphatic rings. The number of benzene rings is 2. The molecule has 0 saturated carbocycles. The number of hydrogen-bond acceptors (Lipinski definition) is 4. The van der Waals surface area contributed by atoms with E-state index in [0.717, 1.165) is 5.56 Å². The minimum atomic E-state index is -0.355. The number of halogens is 1. The summed E-state index contributed by atoms with van der Waals surface area (Å²) in [4.78, 5) is 12.3. The van der Waals surface area contributed by atoms with E-state index >= 15 is 0 Å². The molecular weight excluding hydrogens is 348 g/mol. The number of hydrogen-bond donors (Lipinski definition) is 2. The monoisotopic (exact) mass is 364 g/mol. The van der Waals surface area contributed by atoms with Crippen molar-refractivity contribution in [2.45, 2.75) is 6.92 Å². The van der Waals surface area contributed by atoms with E-state index in [2.05, 4.69) is 10.6 Å². The van der Waals surface area contributed by atoms with E-state index in [1.165, 1.54) is 14.2 Å². The van der Waals surface area contributed by atoms with Crippen molar-refractivity contribution in [3.05, 3.63) is 52.5 Å². The Bertz CT molecular complexity index is 780. The van der Waals surface area contributed by atoms with Crippen LogP contribution in [0.2, 0.25) is 5.02 Å². The number of methoxy groups -OCH3 is 2. The SMILES string of the molecule is COc1ccc(C(=O)NC(=S)Nc2ccc(C)c(Cl)c2)cc1OC. The number of aryl methyl sites for hydroxylation is 1. The molecule has 0 bridgehead atoms. The first-order valence-corrected chi connectivity index (χ1v) is 7.83. The minimum absolute atomic E-state index is 0.176. The molecule has 0 aliphatic carbocycles. The van der Waals surface area contributed by atoms with Gasteiger partial charge in [-0.25, -0.2) is 0 Å². The third-order valence-electron chi connectivity index (χ3n) is 3.30. The van der Waals surface area contributed by atoms with Gasteiger partial charge in [-0.3, -0.25) is 10.1 Å². The van der Waals surface area contributed by atoms with Gasteiger partial charge in [-0.1, -0.05) is 17.7 Å². The number of ether oxygens (including phenoxy) is 2. The van der Waals surface area contributed by atoms with Crippen LogP contribution in [0, 0.1) is 6.92 Å². The number of thiocarbonyl (C=S) groups is 1. The van der Waals surface area contributed by atoms with Gasteiger partial charge >= 0.3 is 0 Å². The van der Waals surface area contributed by atoms with Crippen molar-refractivity contribution in [3.63, 3.8) is 0 Å². The van der Waals surface area contributed by atoms with Gasteiger partial charge in [-0.15, -0.1) is 0 Å². The second kappa shape index (κ2) is 7.99. The lowest BCUT2D eigenvalue weighted by atomic mass is 10.2. The Balaban J connectivity index is 2.05. The fourth-order valence-corrected chi connectivity index (χ4v) is 2.38. The maximum atomic E-state index is 12.3. The van der Waals surface area contributed by atoms with E-state index < -0.39 is 0 Å². The lowest BCUT2D eigenvalue weighted by Crippen LogP contribution is -2.34. The predicted molar refractivity (Wildman–Crippen MR) is 99.4 cm³/mol. The summed E-state index contributed by atoms with van der Waals surface area (Å²) in [7, 11) is 3.04. The molecule has 0 radical (unpaired) electrons. The zero-order valence-corrected chi connectivity index (χ0v) is 15.0. The van der Waals surface area contributed by atoms with Crippen LogP contribution in [0.15, 0.2) is 36.4 Å². The minimum Gasteiger partial charge on any atom is -0.493 e. The van der Waals surface area contributed by atoms with Crippen molar-refractivity contribution in [1.29, 1.82) is 0 Å². The van der Waals surface area contributed by atoms with E-state index in [1.807, 2.05) is 19.1 Å². The van der Waals surface area contributed by atoms with Gasteiger partial charge in [0, 0.05) is 16.3 Å². The standard InChI is InChI=1S/C17H17ClN2O3S/c1-10-4-6-12(9-13(10)18)19-17(24)20-16(21)11-5-7-14(22-2)15(8-11)23-3/h4-9H,1-3H3,(H2,19,20,21,24). The molecule has 0 aromatic heterocycles. The average molecular weight is 365 g/mol. The second-order valence-corrected chi connectivity index (χ2v) is 5.76. The van der Waals surface area contributed by atoms with Crippen LogP contribution in [0.25, 0.3) is 0 Å². The molecule has 5 nitrogen and oxygen atoms in total. The van der Waals surface area contributed by atoms with Gasteiger partial charge in [0.15, 0.2) is 16.6 Å². The molecule has 0 atom stereocenters. The van der Waals surface area contributed by atoms with E-state index in [-0.39, 0.29) is 11.0 Å². The topological polar surface area (TPSA) is 59.6 Å². The molecule has 2 aromatic rings. The molecule has 2 N–H and O–H groups in total. The molecule has 0 fully saturated rings. The van der Waals surface area contributed by atoms with Gasteiger partial charge in [-0.2, -0.15) is 0 Å². The third kappa shape index (κ3) is 4.37. The average Bonchev–Trinajstić information content (AvgIpc) is 2.57. The fraction of sp³-hybridized carbons (Fsp3) is 0.176. The molecule has 1 amide bonds. The van der Waals surface area contributed by atoms with E-state index in [4.69, 9.17) is 33.3 Å². The fourth-order valence-electron chi connectivity index (χ4n) is 1.99. The van der Waals surface area contributed by atoms with Gasteiger partial charge < -0.3 is 14.8 Å². The zero-order chi connectivity index (χ0) is 17.7. The molecular formula is C17H17ClN2O3S. The summed E-state index contributed by atoms with van der Waals surface area (Å²) in [5, 5.41) is 6.33. The van der Waals surface area contributed by atoms with Gasteiger partial charge in [0.1, 0.15) is 0 Å². The van der Waals surface area contributed by atoms with Gasteiger partial charge in [-0.05, 0) is 55.0 Å². The number of amides is 1. The van der Waals surface area contributed by atoms with Gasteiger partial charge in [0.25, 0.3) is 5.91 Å². The molecule has 0 aliphatic heterocycles. The normalized spacial score (nSPS) is 10.0. The first kappa shape index (κ1) is 18.0. The van der Waals surface area contributed by atoms with Gasteiger partial charge in [0.05, 0.1) is 14.2 Å². The third-order valence-corrected chi connectivity index (χ3v) is 3.91. The Kier molecular flexibility index (Phi) is 6.00. The highest BCUT2D eigenvalue weighted by atomic mass is 35.5. The van der Waals surface area contributed by atoms with Crippen molar-refractivity contribution < 1.29 is 14.3 Å². The first-order chi connectivity index (χ1) is 11.4. The number of nitrogens with one attached hydrogen (secondary N) is 2. The van der Waals surface area contributed by atoms with E-state index in [9.17, 15) is 4.79 Å². The van der Waals surface area contributed by atoms with Crippen LogP contribution in [0.4, 0.5) is 5.69 Å². The highest BCUT2D eigenvalue weighted by Crippen LogP contribution is 2.27. The molecule has 126 valence electrons. The molecule has 0 saturated heterocycles. The van der Waals surface area contributed by atoms with Gasteiger partial charge in [0.2, 0.25) is 0 Å². The maximum Gasteiger partial charge on any atom is 0.257 e. The summed E-state index contributed by atoms with van der Waals surface area (Å²) in [5.74, 6) is 0.657. The van der Waals surface area contributed by atoms with E-state index in [1.54, 1.807) is 24.3 Å². The van der Waals surface area contributed by atoms with E-state index in [0.29, 0.717) is 27.8 Å². The Morgan fingerprint density at radius 3 is 2.42 bits per heavy atom. The highest BCUT2D eigenvalue weighted by molar-refractivity contribution is 7.80. The Morgan fingerprint density at radius 1 is 1.08 bits per heavy atom. The van der Waals surface area contributed by atoms with Crippen molar-refractivity contribution >= 4 is 40.5 Å². The second-order valence-electron chi connectivity index (χ2n) is 4.94. The van der Waals surface area contributed by atoms with Crippen LogP contribution in [0.1, 0.15) is 15.9 Å². The largest absolute Gasteiger partial charge is 0.493 e. The van der Waals surface area contributed by atoms with Crippen molar-refractivity contribution in [2.24, 2.45) is 0 Å². The summed E-state index contributed by atoms with van der Waals surface area (Å²) < 4.78 is 10.3. The molecule has 24 heavy (non-hydrogen) atoms. The van der Waals surface area contributed by atoms with Crippen molar-refractivity contribution in [1.82, 2.24) is 5.32 Å². The summed E-state index contributed by atoms with van der Waals surface area (Å²) in [6, 6.07) is 10.3.